The Bertz CT molecular complexity index is 871. The highest BCUT2D eigenvalue weighted by atomic mass is 14.2. The van der Waals surface area contributed by atoms with E-state index in [0.29, 0.717) is 0 Å². The van der Waals surface area contributed by atoms with E-state index in [2.05, 4.69) is 85.8 Å². The largest absolute Gasteiger partial charge is 0.0652 e. The molecule has 3 aromatic carbocycles. The maximum Gasteiger partial charge on any atom is -0.00300 e. The summed E-state index contributed by atoms with van der Waals surface area (Å²) in [6, 6.07) is 26.2. The third kappa shape index (κ3) is 2.69. The first-order valence-corrected chi connectivity index (χ1v) is 8.83. The molecule has 0 bridgehead atoms. The third-order valence-corrected chi connectivity index (χ3v) is 4.82. The van der Waals surface area contributed by atoms with Gasteiger partial charge in [-0.05, 0) is 46.2 Å². The molecule has 0 radical (unpaired) electrons. The van der Waals surface area contributed by atoms with E-state index >= 15 is 0 Å². The second kappa shape index (κ2) is 6.49. The summed E-state index contributed by atoms with van der Waals surface area (Å²) in [7, 11) is 0. The van der Waals surface area contributed by atoms with Gasteiger partial charge in [-0.3, -0.25) is 0 Å². The van der Waals surface area contributed by atoms with Crippen molar-refractivity contribution < 1.29 is 0 Å². The minimum Gasteiger partial charge on any atom is -0.0652 e. The zero-order valence-electron chi connectivity index (χ0n) is 14.1. The predicted molar refractivity (Wildman–Crippen MR) is 104 cm³/mol. The molecule has 0 amide bonds. The zero-order valence-corrected chi connectivity index (χ0v) is 14.1. The Hall–Kier alpha value is -2.60. The molecule has 1 aliphatic carbocycles. The van der Waals surface area contributed by atoms with Gasteiger partial charge in [0.05, 0.1) is 0 Å². The van der Waals surface area contributed by atoms with E-state index in [0.717, 1.165) is 6.42 Å². The van der Waals surface area contributed by atoms with Crippen molar-refractivity contribution in [2.24, 2.45) is 0 Å². The van der Waals surface area contributed by atoms with Crippen molar-refractivity contribution in [1.82, 2.24) is 0 Å². The molecule has 3 aromatic rings. The van der Waals surface area contributed by atoms with Gasteiger partial charge in [-0.1, -0.05) is 97.8 Å². The van der Waals surface area contributed by atoms with Gasteiger partial charge in [0.15, 0.2) is 0 Å². The van der Waals surface area contributed by atoms with Crippen LogP contribution in [-0.2, 0) is 6.42 Å². The molecule has 0 N–H and O–H groups in total. The molecule has 0 saturated carbocycles. The van der Waals surface area contributed by atoms with Gasteiger partial charge in [0, 0.05) is 0 Å². The Morgan fingerprint density at radius 2 is 1.42 bits per heavy atom. The van der Waals surface area contributed by atoms with Crippen LogP contribution < -0.4 is 0 Å². The minimum absolute atomic E-state index is 1.11. The lowest BCUT2D eigenvalue weighted by atomic mass is 9.89. The van der Waals surface area contributed by atoms with Gasteiger partial charge in [-0.15, -0.1) is 0 Å². The highest BCUT2D eigenvalue weighted by molar-refractivity contribution is 5.92. The second-order valence-corrected chi connectivity index (χ2v) is 6.52. The van der Waals surface area contributed by atoms with Crippen LogP contribution in [0.1, 0.15) is 30.9 Å². The summed E-state index contributed by atoms with van der Waals surface area (Å²) in [6.07, 6.45) is 5.96. The van der Waals surface area contributed by atoms with Crippen LogP contribution in [-0.4, -0.2) is 0 Å². The van der Waals surface area contributed by atoms with Crippen molar-refractivity contribution in [1.29, 1.82) is 0 Å². The number of fused-ring (bicyclic) bond motifs is 1. The first kappa shape index (κ1) is 15.0. The van der Waals surface area contributed by atoms with Gasteiger partial charge in [-0.2, -0.15) is 0 Å². The van der Waals surface area contributed by atoms with Crippen molar-refractivity contribution in [2.45, 2.75) is 26.2 Å². The lowest BCUT2D eigenvalue weighted by molar-refractivity contribution is 0.886. The molecule has 0 fully saturated rings. The SMILES string of the molecule is CCCC1=Cc2c(ccc(-c3ccccc3)c2-c2ccccc2)C1. The van der Waals surface area contributed by atoms with Crippen LogP contribution in [0.25, 0.3) is 28.3 Å². The van der Waals surface area contributed by atoms with Gasteiger partial charge in [0.1, 0.15) is 0 Å². The van der Waals surface area contributed by atoms with E-state index in [1.807, 2.05) is 0 Å². The molecule has 1 aliphatic rings. The lowest BCUT2D eigenvalue weighted by Gasteiger charge is -2.15. The predicted octanol–water partition coefficient (Wildman–Crippen LogP) is 6.76. The highest BCUT2D eigenvalue weighted by Gasteiger charge is 2.19. The monoisotopic (exact) mass is 310 g/mol. The summed E-state index contributed by atoms with van der Waals surface area (Å²) in [5.41, 5.74) is 9.76. The third-order valence-electron chi connectivity index (χ3n) is 4.82. The van der Waals surface area contributed by atoms with E-state index in [4.69, 9.17) is 0 Å². The van der Waals surface area contributed by atoms with Crippen molar-refractivity contribution >= 4 is 6.08 Å². The normalized spacial score (nSPS) is 12.8. The van der Waals surface area contributed by atoms with Crippen molar-refractivity contribution in [3.8, 4) is 22.3 Å². The van der Waals surface area contributed by atoms with E-state index in [9.17, 15) is 0 Å². The Labute approximate surface area is 144 Å². The summed E-state index contributed by atoms with van der Waals surface area (Å²) >= 11 is 0. The fourth-order valence-electron chi connectivity index (χ4n) is 3.74. The van der Waals surface area contributed by atoms with Gasteiger partial charge in [0.2, 0.25) is 0 Å². The number of rotatable bonds is 4. The highest BCUT2D eigenvalue weighted by Crippen LogP contribution is 2.41. The maximum absolute atomic E-state index is 2.44. The molecule has 0 saturated heterocycles. The Kier molecular flexibility index (Phi) is 4.04. The topological polar surface area (TPSA) is 0 Å². The molecule has 0 aromatic heterocycles. The molecule has 0 heteroatoms. The van der Waals surface area contributed by atoms with Crippen LogP contribution in [0.4, 0.5) is 0 Å². The first-order valence-electron chi connectivity index (χ1n) is 8.83. The average Bonchev–Trinajstić information content (AvgIpc) is 3.05. The van der Waals surface area contributed by atoms with Crippen molar-refractivity contribution in [2.75, 3.05) is 0 Å². The fraction of sp³-hybridized carbons (Fsp3) is 0.167. The maximum atomic E-state index is 2.44. The molecule has 0 heterocycles. The van der Waals surface area contributed by atoms with Crippen LogP contribution in [0.5, 0.6) is 0 Å². The summed E-state index contributed by atoms with van der Waals surface area (Å²) in [5.74, 6) is 0. The van der Waals surface area contributed by atoms with E-state index in [1.165, 1.54) is 46.2 Å². The molecule has 0 nitrogen and oxygen atoms in total. The Morgan fingerprint density at radius 1 is 0.750 bits per heavy atom. The first-order chi connectivity index (χ1) is 11.9. The minimum atomic E-state index is 1.11. The number of benzene rings is 3. The van der Waals surface area contributed by atoms with Crippen molar-refractivity contribution in [3.05, 3.63) is 89.5 Å². The molecule has 4 rings (SSSR count). The second-order valence-electron chi connectivity index (χ2n) is 6.52. The van der Waals surface area contributed by atoms with Crippen LogP contribution >= 0.6 is 0 Å². The smallest absolute Gasteiger partial charge is 0.00300 e. The Morgan fingerprint density at radius 3 is 2.08 bits per heavy atom. The van der Waals surface area contributed by atoms with Gasteiger partial charge < -0.3 is 0 Å². The lowest BCUT2D eigenvalue weighted by Crippen LogP contribution is -1.92. The van der Waals surface area contributed by atoms with E-state index in [-0.39, 0.29) is 0 Å². The molecule has 24 heavy (non-hydrogen) atoms. The van der Waals surface area contributed by atoms with Gasteiger partial charge in [-0.25, -0.2) is 0 Å². The summed E-state index contributed by atoms with van der Waals surface area (Å²) < 4.78 is 0. The molecular formula is C24H22. The molecule has 0 atom stereocenters. The van der Waals surface area contributed by atoms with Crippen LogP contribution in [0.15, 0.2) is 78.4 Å². The quantitative estimate of drug-likeness (QED) is 0.499. The van der Waals surface area contributed by atoms with Crippen LogP contribution in [0.3, 0.4) is 0 Å². The average molecular weight is 310 g/mol. The summed E-state index contributed by atoms with van der Waals surface area (Å²) in [5, 5.41) is 0. The molecular weight excluding hydrogens is 288 g/mol. The Balaban J connectivity index is 1.95. The number of allylic oxidation sites excluding steroid dienone is 1. The summed E-state index contributed by atoms with van der Waals surface area (Å²) in [6.45, 7) is 2.26. The fourth-order valence-corrected chi connectivity index (χ4v) is 3.74. The van der Waals surface area contributed by atoms with E-state index in [1.54, 1.807) is 5.57 Å². The van der Waals surface area contributed by atoms with Crippen LogP contribution in [0.2, 0.25) is 0 Å². The van der Waals surface area contributed by atoms with Crippen LogP contribution in [0, 0.1) is 0 Å². The number of hydrogen-bond acceptors (Lipinski definition) is 0. The van der Waals surface area contributed by atoms with Gasteiger partial charge >= 0.3 is 0 Å². The molecule has 0 spiro atoms. The number of hydrogen-bond donors (Lipinski definition) is 0. The standard InChI is InChI=1S/C24H22/c1-2-9-18-16-21-14-15-22(19-10-5-3-6-11-19)24(23(21)17-18)20-12-7-4-8-13-20/h3-8,10-15,17H,2,9,16H2,1H3. The summed E-state index contributed by atoms with van der Waals surface area (Å²) in [4.78, 5) is 0. The molecule has 118 valence electrons. The van der Waals surface area contributed by atoms with Crippen molar-refractivity contribution in [3.63, 3.8) is 0 Å². The zero-order chi connectivity index (χ0) is 16.4. The van der Waals surface area contributed by atoms with E-state index < -0.39 is 0 Å². The van der Waals surface area contributed by atoms with Gasteiger partial charge in [0.25, 0.3) is 0 Å². The molecule has 0 aliphatic heterocycles. The molecule has 0 unspecified atom stereocenters.